The molecule has 0 saturated carbocycles. The Balaban J connectivity index is 0.756. The van der Waals surface area contributed by atoms with Crippen molar-refractivity contribution < 1.29 is 0 Å². The van der Waals surface area contributed by atoms with E-state index in [-0.39, 0.29) is 0 Å². The second-order valence-corrected chi connectivity index (χ2v) is 21.4. The summed E-state index contributed by atoms with van der Waals surface area (Å²) in [6.07, 6.45) is 0. The summed E-state index contributed by atoms with van der Waals surface area (Å²) in [6, 6.07) is 118. The predicted octanol–water partition coefficient (Wildman–Crippen LogP) is 20.9. The molecule has 2 heterocycles. The number of benzene rings is 12. The van der Waals surface area contributed by atoms with E-state index in [0.717, 1.165) is 89.1 Å². The molecule has 13 aromatic carbocycles. The molecule has 4 nitrogen and oxygen atoms in total. The quantitative estimate of drug-likeness (QED) is 0.122. The van der Waals surface area contributed by atoms with Crippen molar-refractivity contribution in [2.24, 2.45) is 0 Å². The second kappa shape index (κ2) is 22.1. The van der Waals surface area contributed by atoms with E-state index in [1.165, 1.54) is 44.1 Å². The third-order valence-corrected chi connectivity index (χ3v) is 16.1. The van der Waals surface area contributed by atoms with Crippen molar-refractivity contribution in [3.8, 4) is 129 Å². The molecule has 0 unspecified atom stereocenters. The molecule has 0 atom stereocenters. The Morgan fingerprint density at radius 3 is 0.988 bits per heavy atom. The van der Waals surface area contributed by atoms with Crippen LogP contribution in [0.5, 0.6) is 0 Å². The number of rotatable bonds is 12. The first-order chi connectivity index (χ1) is 42.1. The third kappa shape index (κ3) is 10.1. The lowest BCUT2D eigenvalue weighted by molar-refractivity contribution is 1.07. The van der Waals surface area contributed by atoms with Crippen LogP contribution in [-0.2, 0) is 0 Å². The lowest BCUT2D eigenvalue weighted by Gasteiger charge is -2.12. The summed E-state index contributed by atoms with van der Waals surface area (Å²) in [5, 5.41) is 2.48. The van der Waals surface area contributed by atoms with Crippen LogP contribution < -0.4 is 0 Å². The first-order valence-corrected chi connectivity index (χ1v) is 28.7. The van der Waals surface area contributed by atoms with Gasteiger partial charge in [0.25, 0.3) is 0 Å². The van der Waals surface area contributed by atoms with Crippen molar-refractivity contribution in [1.29, 1.82) is 0 Å². The van der Waals surface area contributed by atoms with E-state index in [9.17, 15) is 0 Å². The summed E-state index contributed by atoms with van der Waals surface area (Å²) >= 11 is 0. The van der Waals surface area contributed by atoms with E-state index in [1.807, 2.05) is 12.1 Å². The number of hydrogen-bond donors (Lipinski definition) is 0. The van der Waals surface area contributed by atoms with E-state index in [2.05, 4.69) is 320 Å². The van der Waals surface area contributed by atoms with Gasteiger partial charge in [0.05, 0.1) is 11.0 Å². The molecule has 396 valence electrons. The first kappa shape index (κ1) is 50.5. The molecule has 0 aliphatic heterocycles. The highest BCUT2D eigenvalue weighted by Crippen LogP contribution is 2.37. The van der Waals surface area contributed by atoms with Crippen molar-refractivity contribution >= 4 is 21.8 Å². The van der Waals surface area contributed by atoms with E-state index >= 15 is 0 Å². The fraction of sp³-hybridized carbons (Fsp3) is 0. The zero-order valence-electron chi connectivity index (χ0n) is 46.3. The molecular weight excluding hydrogens is 1030 g/mol. The summed E-state index contributed by atoms with van der Waals surface area (Å²) in [5.41, 5.74) is 24.3. The number of fused-ring (bicyclic) bond motifs is 3. The van der Waals surface area contributed by atoms with Gasteiger partial charge in [-0.2, -0.15) is 0 Å². The van der Waals surface area contributed by atoms with Gasteiger partial charge in [-0.3, -0.25) is 0 Å². The molecule has 2 aromatic heterocycles. The maximum Gasteiger partial charge on any atom is 0.164 e. The standard InChI is InChI=1S/C81H52N4/c1-3-17-55(18-4-1)63-21-11-23-65(49-63)57-37-39-58(40-38-57)66-24-12-25-67(50-66)59-41-45-61(46-42-59)79-82-80(62-47-43-60(44-48-62)72-30-16-32-74(54-72)85-77-35-9-7-33-75(77)76-34-8-10-36-78(76)85)84-81(83-79)73-31-15-29-71(53-73)70-28-14-27-69(52-70)68-26-13-22-64(51-68)56-19-5-2-6-20-56/h1-5,7-19,21-54H. The Kier molecular flexibility index (Phi) is 13.1. The molecule has 0 bridgehead atoms. The minimum atomic E-state index is 0.594. The predicted molar refractivity (Wildman–Crippen MR) is 352 cm³/mol. The summed E-state index contributed by atoms with van der Waals surface area (Å²) in [4.78, 5) is 15.8. The van der Waals surface area contributed by atoms with Crippen molar-refractivity contribution in [3.05, 3.63) is 328 Å². The Morgan fingerprint density at radius 2 is 0.541 bits per heavy atom. The summed E-state index contributed by atoms with van der Waals surface area (Å²) in [7, 11) is 0. The van der Waals surface area contributed by atoms with Crippen LogP contribution >= 0.6 is 0 Å². The molecule has 0 fully saturated rings. The van der Waals surface area contributed by atoms with Crippen molar-refractivity contribution in [2.45, 2.75) is 0 Å². The van der Waals surface area contributed by atoms with Gasteiger partial charge in [-0.05, 0) is 150 Å². The largest absolute Gasteiger partial charge is 0.309 e. The minimum Gasteiger partial charge on any atom is -0.309 e. The van der Waals surface area contributed by atoms with Crippen molar-refractivity contribution in [1.82, 2.24) is 19.5 Å². The van der Waals surface area contributed by atoms with E-state index in [4.69, 9.17) is 15.0 Å². The molecule has 0 N–H and O–H groups in total. The molecule has 0 saturated heterocycles. The van der Waals surface area contributed by atoms with E-state index < -0.39 is 0 Å². The van der Waals surface area contributed by atoms with Crippen molar-refractivity contribution in [3.63, 3.8) is 0 Å². The van der Waals surface area contributed by atoms with E-state index in [0.29, 0.717) is 17.5 Å². The van der Waals surface area contributed by atoms with Gasteiger partial charge in [0, 0.05) is 38.7 Å². The monoisotopic (exact) mass is 1080 g/mol. The number of aromatic nitrogens is 4. The van der Waals surface area contributed by atoms with Gasteiger partial charge in [0.2, 0.25) is 0 Å². The fourth-order valence-electron chi connectivity index (χ4n) is 11.8. The normalized spacial score (nSPS) is 11.2. The van der Waals surface area contributed by atoms with E-state index in [1.54, 1.807) is 0 Å². The summed E-state index contributed by atoms with van der Waals surface area (Å²) < 4.78 is 2.36. The Morgan fingerprint density at radius 1 is 0.224 bits per heavy atom. The number of para-hydroxylation sites is 2. The SMILES string of the molecule is c1cccc(-c2cccc(-c3cccc(-c4cccc(-c5nc(-c6ccc(-c7cccc(-c8ccc(-c9cccc(-c%10ccccc%10)c9)cc8)c7)cc6)nc(-c6ccc(-c7cccc(-n8c9ccccc9c9ccccc98)c7)cc6)n5)c4)c3)c2)c#1. The third-order valence-electron chi connectivity index (χ3n) is 16.1. The Hall–Kier alpha value is -11.5. The van der Waals surface area contributed by atoms with Crippen LogP contribution in [-0.4, -0.2) is 19.5 Å². The van der Waals surface area contributed by atoms with Gasteiger partial charge < -0.3 is 4.57 Å². The highest BCUT2D eigenvalue weighted by molar-refractivity contribution is 6.09. The zero-order valence-corrected chi connectivity index (χ0v) is 46.3. The molecule has 0 aliphatic carbocycles. The fourth-order valence-corrected chi connectivity index (χ4v) is 11.8. The highest BCUT2D eigenvalue weighted by atomic mass is 15.0. The van der Waals surface area contributed by atoms with Crippen LogP contribution in [0.15, 0.2) is 315 Å². The second-order valence-electron chi connectivity index (χ2n) is 21.4. The molecule has 85 heavy (non-hydrogen) atoms. The van der Waals surface area contributed by atoms with Crippen LogP contribution in [0.3, 0.4) is 0 Å². The van der Waals surface area contributed by atoms with Gasteiger partial charge in [0.1, 0.15) is 0 Å². The Bertz CT molecular complexity index is 4860. The average molecular weight is 1080 g/mol. The molecule has 4 heteroatoms. The van der Waals surface area contributed by atoms with Gasteiger partial charge in [0.15, 0.2) is 17.5 Å². The van der Waals surface area contributed by atoms with Crippen LogP contribution in [0, 0.1) is 12.1 Å². The highest BCUT2D eigenvalue weighted by Gasteiger charge is 2.17. The smallest absolute Gasteiger partial charge is 0.164 e. The van der Waals surface area contributed by atoms with Crippen LogP contribution in [0.25, 0.3) is 151 Å². The lowest BCUT2D eigenvalue weighted by Crippen LogP contribution is -2.00. The molecule has 0 radical (unpaired) electrons. The van der Waals surface area contributed by atoms with Crippen molar-refractivity contribution in [2.75, 3.05) is 0 Å². The van der Waals surface area contributed by atoms with Gasteiger partial charge in [-0.25, -0.2) is 15.0 Å². The topological polar surface area (TPSA) is 43.6 Å². The molecule has 0 spiro atoms. The molecule has 15 rings (SSSR count). The maximum absolute atomic E-state index is 5.26. The molecular formula is C81H52N4. The van der Waals surface area contributed by atoms with Gasteiger partial charge >= 0.3 is 0 Å². The average Bonchev–Trinajstić information content (AvgIpc) is 2.73. The lowest BCUT2D eigenvalue weighted by atomic mass is 9.95. The first-order valence-electron chi connectivity index (χ1n) is 28.7. The minimum absolute atomic E-state index is 0.594. The van der Waals surface area contributed by atoms with Crippen LogP contribution in [0.1, 0.15) is 0 Å². The van der Waals surface area contributed by atoms with Crippen LogP contribution in [0.4, 0.5) is 0 Å². The molecule has 0 amide bonds. The maximum atomic E-state index is 5.26. The summed E-state index contributed by atoms with van der Waals surface area (Å²) in [5.74, 6) is 1.78. The summed E-state index contributed by atoms with van der Waals surface area (Å²) in [6.45, 7) is 0. The molecule has 0 aliphatic rings. The Labute approximate surface area is 495 Å². The van der Waals surface area contributed by atoms with Gasteiger partial charge in [-0.15, -0.1) is 0 Å². The number of hydrogen-bond acceptors (Lipinski definition) is 3. The van der Waals surface area contributed by atoms with Crippen LogP contribution in [0.2, 0.25) is 0 Å². The number of nitrogens with zero attached hydrogens (tertiary/aromatic N) is 4. The zero-order chi connectivity index (χ0) is 56.5. The molecule has 15 aromatic rings. The van der Waals surface area contributed by atoms with Gasteiger partial charge in [-0.1, -0.05) is 261 Å².